The Labute approximate surface area is 119 Å². The molecule has 2 atom stereocenters. The Hall–Kier alpha value is -1.46. The molecule has 0 amide bonds. The van der Waals surface area contributed by atoms with Crippen molar-refractivity contribution in [3.8, 4) is 0 Å². The summed E-state index contributed by atoms with van der Waals surface area (Å²) in [5.41, 5.74) is 1.96. The Morgan fingerprint density at radius 1 is 1.40 bits per heavy atom. The summed E-state index contributed by atoms with van der Waals surface area (Å²) in [7, 11) is 0. The lowest BCUT2D eigenvalue weighted by Crippen LogP contribution is -2.36. The lowest BCUT2D eigenvalue weighted by Gasteiger charge is -2.19. The highest BCUT2D eigenvalue weighted by Crippen LogP contribution is 2.27. The van der Waals surface area contributed by atoms with Crippen LogP contribution in [-0.4, -0.2) is 40.3 Å². The number of imidazole rings is 1. The van der Waals surface area contributed by atoms with Crippen LogP contribution in [0.1, 0.15) is 32.0 Å². The molecule has 0 radical (unpaired) electrons. The van der Waals surface area contributed by atoms with Crippen LogP contribution in [0.15, 0.2) is 18.3 Å². The van der Waals surface area contributed by atoms with E-state index in [-0.39, 0.29) is 0 Å². The van der Waals surface area contributed by atoms with Gasteiger partial charge >= 0.3 is 0 Å². The van der Waals surface area contributed by atoms with Crippen LogP contribution in [-0.2, 0) is 11.3 Å². The molecule has 5 heteroatoms. The molecule has 2 aromatic rings. The fourth-order valence-corrected chi connectivity index (χ4v) is 2.91. The van der Waals surface area contributed by atoms with E-state index < -0.39 is 0 Å². The molecule has 5 nitrogen and oxygen atoms in total. The van der Waals surface area contributed by atoms with Crippen molar-refractivity contribution in [3.63, 3.8) is 0 Å². The number of aryl methyl sites for hydroxylation is 1. The molecule has 0 aromatic carbocycles. The molecule has 0 aliphatic carbocycles. The second kappa shape index (κ2) is 5.89. The minimum absolute atomic E-state index is 0.315. The molecule has 2 aromatic heterocycles. The van der Waals surface area contributed by atoms with Crippen molar-refractivity contribution in [2.24, 2.45) is 0 Å². The summed E-state index contributed by atoms with van der Waals surface area (Å²) in [6.45, 7) is 7.75. The normalized spacial score (nSPS) is 22.7. The van der Waals surface area contributed by atoms with Crippen LogP contribution in [0.25, 0.3) is 11.2 Å². The second-order valence-electron chi connectivity index (χ2n) is 5.26. The number of pyridine rings is 1. The first-order valence-corrected chi connectivity index (χ1v) is 7.47. The van der Waals surface area contributed by atoms with Crippen molar-refractivity contribution < 1.29 is 4.74 Å². The number of nitrogens with one attached hydrogen (secondary N) is 1. The van der Waals surface area contributed by atoms with Crippen LogP contribution in [0.2, 0.25) is 0 Å². The molecule has 20 heavy (non-hydrogen) atoms. The van der Waals surface area contributed by atoms with Crippen LogP contribution in [0.4, 0.5) is 0 Å². The summed E-state index contributed by atoms with van der Waals surface area (Å²) >= 11 is 0. The van der Waals surface area contributed by atoms with E-state index in [4.69, 9.17) is 9.72 Å². The van der Waals surface area contributed by atoms with Crippen LogP contribution in [0.3, 0.4) is 0 Å². The van der Waals surface area contributed by atoms with E-state index in [0.717, 1.165) is 49.7 Å². The van der Waals surface area contributed by atoms with Crippen molar-refractivity contribution in [3.05, 3.63) is 24.2 Å². The van der Waals surface area contributed by atoms with Gasteiger partial charge in [0.2, 0.25) is 0 Å². The van der Waals surface area contributed by atoms with Crippen LogP contribution in [0, 0.1) is 0 Å². The van der Waals surface area contributed by atoms with E-state index in [1.807, 2.05) is 18.3 Å². The lowest BCUT2D eigenvalue weighted by molar-refractivity contribution is 0.187. The summed E-state index contributed by atoms with van der Waals surface area (Å²) in [5, 5.41) is 3.58. The van der Waals surface area contributed by atoms with E-state index in [1.54, 1.807) is 0 Å². The molecule has 0 saturated carbocycles. The zero-order valence-electron chi connectivity index (χ0n) is 12.2. The number of rotatable bonds is 5. The third-order valence-electron chi connectivity index (χ3n) is 3.92. The van der Waals surface area contributed by atoms with Gasteiger partial charge in [-0.2, -0.15) is 0 Å². The number of hydrogen-bond donors (Lipinski definition) is 1. The zero-order valence-corrected chi connectivity index (χ0v) is 12.2. The largest absolute Gasteiger partial charge is 0.379 e. The van der Waals surface area contributed by atoms with Gasteiger partial charge in [0.25, 0.3) is 0 Å². The maximum absolute atomic E-state index is 5.68. The Balaban J connectivity index is 1.96. The third kappa shape index (κ3) is 2.31. The first-order valence-electron chi connectivity index (χ1n) is 7.47. The summed E-state index contributed by atoms with van der Waals surface area (Å²) in [4.78, 5) is 9.27. The molecule has 0 spiro atoms. The predicted molar refractivity (Wildman–Crippen MR) is 78.8 cm³/mol. The molecule has 0 bridgehead atoms. The topological polar surface area (TPSA) is 52.0 Å². The van der Waals surface area contributed by atoms with Crippen molar-refractivity contribution in [2.45, 2.75) is 38.8 Å². The monoisotopic (exact) mass is 274 g/mol. The highest BCUT2D eigenvalue weighted by atomic mass is 16.5. The van der Waals surface area contributed by atoms with E-state index in [0.29, 0.717) is 12.0 Å². The SMILES string of the molecule is CCCNC1COCC1c1nc2cccnc2n1CC. The first-order chi connectivity index (χ1) is 9.85. The maximum atomic E-state index is 5.68. The van der Waals surface area contributed by atoms with Crippen molar-refractivity contribution >= 4 is 11.2 Å². The van der Waals surface area contributed by atoms with Gasteiger partial charge in [-0.15, -0.1) is 0 Å². The molecular weight excluding hydrogens is 252 g/mol. The van der Waals surface area contributed by atoms with Gasteiger partial charge in [0, 0.05) is 18.8 Å². The maximum Gasteiger partial charge on any atom is 0.159 e. The van der Waals surface area contributed by atoms with Gasteiger partial charge in [0.15, 0.2) is 5.65 Å². The molecule has 108 valence electrons. The number of aromatic nitrogens is 3. The van der Waals surface area contributed by atoms with Gasteiger partial charge in [-0.25, -0.2) is 9.97 Å². The highest BCUT2D eigenvalue weighted by Gasteiger charge is 2.33. The molecule has 3 heterocycles. The van der Waals surface area contributed by atoms with E-state index in [9.17, 15) is 0 Å². The summed E-state index contributed by atoms with van der Waals surface area (Å²) in [6.07, 6.45) is 2.97. The molecule has 2 unspecified atom stereocenters. The van der Waals surface area contributed by atoms with Crippen molar-refractivity contribution in [2.75, 3.05) is 19.8 Å². The highest BCUT2D eigenvalue weighted by molar-refractivity contribution is 5.71. The minimum Gasteiger partial charge on any atom is -0.379 e. The summed E-state index contributed by atoms with van der Waals surface area (Å²) < 4.78 is 7.90. The lowest BCUT2D eigenvalue weighted by atomic mass is 10.0. The zero-order chi connectivity index (χ0) is 13.9. The molecule has 1 aliphatic heterocycles. The fourth-order valence-electron chi connectivity index (χ4n) is 2.91. The van der Waals surface area contributed by atoms with Gasteiger partial charge in [0.05, 0.1) is 19.1 Å². The molecule has 1 aliphatic rings. The quantitative estimate of drug-likeness (QED) is 0.905. The van der Waals surface area contributed by atoms with Gasteiger partial charge in [-0.05, 0) is 32.0 Å². The number of fused-ring (bicyclic) bond motifs is 1. The molecule has 1 fully saturated rings. The van der Waals surface area contributed by atoms with Gasteiger partial charge in [-0.1, -0.05) is 6.92 Å². The number of nitrogens with zero attached hydrogens (tertiary/aromatic N) is 3. The first kappa shape index (κ1) is 13.5. The average Bonchev–Trinajstić information content (AvgIpc) is 3.08. The van der Waals surface area contributed by atoms with Crippen LogP contribution in [0.5, 0.6) is 0 Å². The minimum atomic E-state index is 0.315. The second-order valence-corrected chi connectivity index (χ2v) is 5.26. The Morgan fingerprint density at radius 2 is 2.30 bits per heavy atom. The van der Waals surface area contributed by atoms with Gasteiger partial charge < -0.3 is 14.6 Å². The Morgan fingerprint density at radius 3 is 3.10 bits per heavy atom. The third-order valence-corrected chi connectivity index (χ3v) is 3.92. The Bertz CT molecular complexity index is 580. The predicted octanol–water partition coefficient (Wildman–Crippen LogP) is 1.93. The van der Waals surface area contributed by atoms with Crippen molar-refractivity contribution in [1.82, 2.24) is 19.9 Å². The van der Waals surface area contributed by atoms with E-state index in [1.165, 1.54) is 0 Å². The van der Waals surface area contributed by atoms with E-state index in [2.05, 4.69) is 28.7 Å². The summed E-state index contributed by atoms with van der Waals surface area (Å²) in [5.74, 6) is 1.42. The standard InChI is InChI=1S/C15H22N4O/c1-3-7-16-13-10-20-9-11(13)14-18-12-6-5-8-17-15(12)19(14)4-2/h5-6,8,11,13,16H,3-4,7,9-10H2,1-2H3. The van der Waals surface area contributed by atoms with Crippen LogP contribution < -0.4 is 5.32 Å². The van der Waals surface area contributed by atoms with E-state index >= 15 is 0 Å². The molecular formula is C15H22N4O. The van der Waals surface area contributed by atoms with Crippen LogP contribution >= 0.6 is 0 Å². The fraction of sp³-hybridized carbons (Fsp3) is 0.600. The van der Waals surface area contributed by atoms with Crippen molar-refractivity contribution in [1.29, 1.82) is 0 Å². The van der Waals surface area contributed by atoms with Gasteiger partial charge in [-0.3, -0.25) is 0 Å². The average molecular weight is 274 g/mol. The number of hydrogen-bond acceptors (Lipinski definition) is 4. The van der Waals surface area contributed by atoms with Gasteiger partial charge in [0.1, 0.15) is 11.3 Å². The smallest absolute Gasteiger partial charge is 0.159 e. The number of ether oxygens (including phenoxy) is 1. The Kier molecular flexibility index (Phi) is 3.98. The molecule has 1 saturated heterocycles. The molecule has 3 rings (SSSR count). The summed E-state index contributed by atoms with van der Waals surface area (Å²) in [6, 6.07) is 4.33. The molecule has 1 N–H and O–H groups in total.